The van der Waals surface area contributed by atoms with E-state index in [0.717, 1.165) is 23.3 Å². The first-order chi connectivity index (χ1) is 6.83. The van der Waals surface area contributed by atoms with Crippen LogP contribution in [0, 0.1) is 11.3 Å². The van der Waals surface area contributed by atoms with E-state index in [1.165, 1.54) is 0 Å². The summed E-state index contributed by atoms with van der Waals surface area (Å²) in [5.74, 6) is 0.880. The highest BCUT2D eigenvalue weighted by Crippen LogP contribution is 2.13. The fourth-order valence-electron chi connectivity index (χ4n) is 1.37. The van der Waals surface area contributed by atoms with Crippen molar-refractivity contribution < 1.29 is 0 Å². The van der Waals surface area contributed by atoms with Crippen LogP contribution in [0.1, 0.15) is 11.4 Å². The standard InChI is InChI=1S/C11H9N3/c1-2-3-11-13-9-5-4-8(7-12)6-10(9)14-11/h2,4-6H,1,3H2,(H,13,14). The maximum Gasteiger partial charge on any atom is 0.111 e. The van der Waals surface area contributed by atoms with Crippen molar-refractivity contribution in [3.05, 3.63) is 42.2 Å². The molecule has 2 rings (SSSR count). The summed E-state index contributed by atoms with van der Waals surface area (Å²) in [5, 5.41) is 8.71. The van der Waals surface area contributed by atoms with Gasteiger partial charge in [0.15, 0.2) is 0 Å². The summed E-state index contributed by atoms with van der Waals surface area (Å²) in [7, 11) is 0. The SMILES string of the molecule is C=CCc1nc2ccc(C#N)cc2[nH]1. The van der Waals surface area contributed by atoms with Crippen molar-refractivity contribution in [2.45, 2.75) is 6.42 Å². The van der Waals surface area contributed by atoms with Gasteiger partial charge < -0.3 is 4.98 Å². The number of imidazole rings is 1. The summed E-state index contributed by atoms with van der Waals surface area (Å²) in [5.41, 5.74) is 2.44. The maximum atomic E-state index is 8.71. The molecule has 0 spiro atoms. The Morgan fingerprint density at radius 2 is 2.43 bits per heavy atom. The number of H-pyrrole nitrogens is 1. The Balaban J connectivity index is 2.55. The first-order valence-corrected chi connectivity index (χ1v) is 4.33. The number of aromatic nitrogens is 2. The van der Waals surface area contributed by atoms with Gasteiger partial charge in [0, 0.05) is 6.42 Å². The molecule has 0 aliphatic heterocycles. The summed E-state index contributed by atoms with van der Waals surface area (Å²) < 4.78 is 0. The minimum absolute atomic E-state index is 0.645. The number of nitrogens with zero attached hydrogens (tertiary/aromatic N) is 2. The Hall–Kier alpha value is -2.08. The van der Waals surface area contributed by atoms with Gasteiger partial charge in [-0.2, -0.15) is 5.26 Å². The van der Waals surface area contributed by atoms with Crippen LogP contribution in [0.5, 0.6) is 0 Å². The molecule has 0 radical (unpaired) electrons. The fraction of sp³-hybridized carbons (Fsp3) is 0.0909. The van der Waals surface area contributed by atoms with Crippen LogP contribution >= 0.6 is 0 Å². The molecule has 0 saturated heterocycles. The summed E-state index contributed by atoms with van der Waals surface area (Å²) in [6, 6.07) is 7.50. The molecule has 0 bridgehead atoms. The number of fused-ring (bicyclic) bond motifs is 1. The van der Waals surface area contributed by atoms with Crippen molar-refractivity contribution in [2.75, 3.05) is 0 Å². The van der Waals surface area contributed by atoms with Crippen LogP contribution in [0.2, 0.25) is 0 Å². The smallest absolute Gasteiger partial charge is 0.111 e. The predicted molar refractivity (Wildman–Crippen MR) is 54.7 cm³/mol. The maximum absolute atomic E-state index is 8.71. The number of aromatic amines is 1. The lowest BCUT2D eigenvalue weighted by atomic mass is 10.2. The zero-order chi connectivity index (χ0) is 9.97. The number of nitrogens with one attached hydrogen (secondary N) is 1. The van der Waals surface area contributed by atoms with Gasteiger partial charge in [0.05, 0.1) is 22.7 Å². The molecule has 14 heavy (non-hydrogen) atoms. The van der Waals surface area contributed by atoms with E-state index < -0.39 is 0 Å². The topological polar surface area (TPSA) is 52.5 Å². The van der Waals surface area contributed by atoms with Crippen LogP contribution < -0.4 is 0 Å². The summed E-state index contributed by atoms with van der Waals surface area (Å²) >= 11 is 0. The zero-order valence-electron chi connectivity index (χ0n) is 7.62. The molecule has 2 aromatic rings. The Morgan fingerprint density at radius 1 is 1.57 bits per heavy atom. The average Bonchev–Trinajstić information content (AvgIpc) is 2.59. The minimum atomic E-state index is 0.645. The average molecular weight is 183 g/mol. The lowest BCUT2D eigenvalue weighted by molar-refractivity contribution is 1.07. The molecule has 0 fully saturated rings. The second-order valence-electron chi connectivity index (χ2n) is 3.02. The van der Waals surface area contributed by atoms with Crippen LogP contribution in [-0.2, 0) is 6.42 Å². The van der Waals surface area contributed by atoms with E-state index in [9.17, 15) is 0 Å². The molecule has 1 aromatic carbocycles. The van der Waals surface area contributed by atoms with Crippen molar-refractivity contribution in [3.8, 4) is 6.07 Å². The van der Waals surface area contributed by atoms with Gasteiger partial charge >= 0.3 is 0 Å². The third kappa shape index (κ3) is 1.38. The summed E-state index contributed by atoms with van der Waals surface area (Å²) in [4.78, 5) is 7.48. The molecular weight excluding hydrogens is 174 g/mol. The molecule has 0 saturated carbocycles. The molecule has 1 aromatic heterocycles. The lowest BCUT2D eigenvalue weighted by Gasteiger charge is -1.87. The summed E-state index contributed by atoms with van der Waals surface area (Å²) in [6.07, 6.45) is 2.51. The molecule has 0 unspecified atom stereocenters. The molecule has 3 heteroatoms. The second kappa shape index (κ2) is 3.35. The first-order valence-electron chi connectivity index (χ1n) is 4.33. The molecule has 0 aliphatic carbocycles. The molecule has 0 aliphatic rings. The van der Waals surface area contributed by atoms with Gasteiger partial charge in [-0.3, -0.25) is 0 Å². The number of nitriles is 1. The number of hydrogen-bond acceptors (Lipinski definition) is 2. The Kier molecular flexibility index (Phi) is 2.04. The van der Waals surface area contributed by atoms with Crippen LogP contribution in [0.25, 0.3) is 11.0 Å². The van der Waals surface area contributed by atoms with Crippen LogP contribution in [0.15, 0.2) is 30.9 Å². The predicted octanol–water partition coefficient (Wildman–Crippen LogP) is 2.16. The van der Waals surface area contributed by atoms with Gasteiger partial charge in [0.1, 0.15) is 5.82 Å². The van der Waals surface area contributed by atoms with Gasteiger partial charge in [-0.25, -0.2) is 4.98 Å². The van der Waals surface area contributed by atoms with Crippen LogP contribution in [-0.4, -0.2) is 9.97 Å². The first kappa shape index (κ1) is 8.52. The fourth-order valence-corrected chi connectivity index (χ4v) is 1.37. The normalized spacial score (nSPS) is 9.93. The number of rotatable bonds is 2. The van der Waals surface area contributed by atoms with Crippen molar-refractivity contribution >= 4 is 11.0 Å². The van der Waals surface area contributed by atoms with Gasteiger partial charge in [0.25, 0.3) is 0 Å². The highest BCUT2D eigenvalue weighted by Gasteiger charge is 2.01. The minimum Gasteiger partial charge on any atom is -0.342 e. The molecule has 0 atom stereocenters. The van der Waals surface area contributed by atoms with Crippen molar-refractivity contribution in [3.63, 3.8) is 0 Å². The third-order valence-electron chi connectivity index (χ3n) is 2.00. The highest BCUT2D eigenvalue weighted by atomic mass is 14.9. The van der Waals surface area contributed by atoms with E-state index in [2.05, 4.69) is 22.6 Å². The third-order valence-corrected chi connectivity index (χ3v) is 2.00. The molecular formula is C11H9N3. The van der Waals surface area contributed by atoms with E-state index in [4.69, 9.17) is 5.26 Å². The van der Waals surface area contributed by atoms with Crippen molar-refractivity contribution in [1.29, 1.82) is 5.26 Å². The Labute approximate surface area is 81.7 Å². The molecule has 68 valence electrons. The van der Waals surface area contributed by atoms with Crippen molar-refractivity contribution in [2.24, 2.45) is 0 Å². The molecule has 1 N–H and O–H groups in total. The highest BCUT2D eigenvalue weighted by molar-refractivity contribution is 5.76. The summed E-state index contributed by atoms with van der Waals surface area (Å²) in [6.45, 7) is 3.65. The van der Waals surface area contributed by atoms with Crippen molar-refractivity contribution in [1.82, 2.24) is 9.97 Å². The largest absolute Gasteiger partial charge is 0.342 e. The van der Waals surface area contributed by atoms with Gasteiger partial charge in [-0.05, 0) is 18.2 Å². The van der Waals surface area contributed by atoms with Gasteiger partial charge in [-0.1, -0.05) is 6.08 Å². The Morgan fingerprint density at radius 3 is 3.14 bits per heavy atom. The molecule has 1 heterocycles. The molecule has 0 amide bonds. The van der Waals surface area contributed by atoms with Gasteiger partial charge in [-0.15, -0.1) is 6.58 Å². The number of allylic oxidation sites excluding steroid dienone is 1. The van der Waals surface area contributed by atoms with Crippen LogP contribution in [0.3, 0.4) is 0 Å². The van der Waals surface area contributed by atoms with Gasteiger partial charge in [0.2, 0.25) is 0 Å². The zero-order valence-corrected chi connectivity index (χ0v) is 7.62. The number of benzene rings is 1. The van der Waals surface area contributed by atoms with E-state index in [1.807, 2.05) is 6.07 Å². The second-order valence-corrected chi connectivity index (χ2v) is 3.02. The van der Waals surface area contributed by atoms with E-state index in [-0.39, 0.29) is 0 Å². The number of hydrogen-bond donors (Lipinski definition) is 1. The van der Waals surface area contributed by atoms with E-state index in [1.54, 1.807) is 18.2 Å². The van der Waals surface area contributed by atoms with E-state index in [0.29, 0.717) is 5.56 Å². The quantitative estimate of drug-likeness (QED) is 0.725. The Bertz CT molecular complexity index is 517. The van der Waals surface area contributed by atoms with Crippen LogP contribution in [0.4, 0.5) is 0 Å². The monoisotopic (exact) mass is 183 g/mol. The van der Waals surface area contributed by atoms with E-state index >= 15 is 0 Å². The lowest BCUT2D eigenvalue weighted by Crippen LogP contribution is -1.81. The molecule has 3 nitrogen and oxygen atoms in total.